The largest absolute Gasteiger partial charge is 0.349 e. The lowest BCUT2D eigenvalue weighted by Crippen LogP contribution is -2.46. The fraction of sp³-hybridized carbons (Fsp3) is 0.226. The predicted octanol–water partition coefficient (Wildman–Crippen LogP) is 6.43. The quantitative estimate of drug-likeness (QED) is 0.380. The summed E-state index contributed by atoms with van der Waals surface area (Å²) in [6.07, 6.45) is 0. The smallest absolute Gasteiger partial charge is 0.255 e. The fourth-order valence-corrected chi connectivity index (χ4v) is 5.00. The summed E-state index contributed by atoms with van der Waals surface area (Å²) < 4.78 is 0. The van der Waals surface area contributed by atoms with Crippen LogP contribution in [0.3, 0.4) is 0 Å². The maximum Gasteiger partial charge on any atom is 0.255 e. The summed E-state index contributed by atoms with van der Waals surface area (Å²) in [6.45, 7) is 8.25. The summed E-state index contributed by atoms with van der Waals surface area (Å²) in [5.41, 5.74) is 5.18. The van der Waals surface area contributed by atoms with Crippen LogP contribution in [0.15, 0.2) is 84.9 Å². The molecule has 2 amide bonds. The van der Waals surface area contributed by atoms with E-state index in [0.717, 1.165) is 38.6 Å². The normalized spacial score (nSPS) is 15.4. The average Bonchev–Trinajstić information content (AvgIpc) is 3.10. The van der Waals surface area contributed by atoms with Gasteiger partial charge in [0.2, 0.25) is 5.91 Å². The Bertz CT molecular complexity index is 1420. The van der Waals surface area contributed by atoms with Crippen LogP contribution in [0.5, 0.6) is 0 Å². The van der Waals surface area contributed by atoms with Gasteiger partial charge in [-0.05, 0) is 78.4 Å². The van der Waals surface area contributed by atoms with Crippen molar-refractivity contribution in [1.29, 1.82) is 0 Å². The molecule has 1 atom stereocenters. The first-order chi connectivity index (χ1) is 16.7. The molecule has 0 spiro atoms. The van der Waals surface area contributed by atoms with Crippen LogP contribution in [0.25, 0.3) is 21.9 Å². The summed E-state index contributed by atoms with van der Waals surface area (Å²) in [5, 5.41) is 5.17. The van der Waals surface area contributed by atoms with E-state index >= 15 is 0 Å². The molecule has 0 saturated heterocycles. The van der Waals surface area contributed by atoms with Gasteiger partial charge in [0, 0.05) is 17.6 Å². The van der Waals surface area contributed by atoms with Crippen LogP contribution in [-0.2, 0) is 11.3 Å². The predicted molar refractivity (Wildman–Crippen MR) is 141 cm³/mol. The zero-order chi connectivity index (χ0) is 24.7. The van der Waals surface area contributed by atoms with Crippen molar-refractivity contribution in [2.75, 3.05) is 0 Å². The van der Waals surface area contributed by atoms with Crippen molar-refractivity contribution in [1.82, 2.24) is 10.2 Å². The Morgan fingerprint density at radius 2 is 1.54 bits per heavy atom. The molecular formula is C31H30N2O2. The maximum atomic E-state index is 13.8. The molecule has 0 aliphatic carbocycles. The minimum Gasteiger partial charge on any atom is -0.349 e. The van der Waals surface area contributed by atoms with E-state index in [4.69, 9.17) is 0 Å². The summed E-state index contributed by atoms with van der Waals surface area (Å²) in [7, 11) is 0. The number of carbonyl (C=O) groups excluding carboxylic acids is 2. The Balaban J connectivity index is 1.65. The van der Waals surface area contributed by atoms with Gasteiger partial charge in [0.05, 0.1) is 0 Å². The van der Waals surface area contributed by atoms with Crippen molar-refractivity contribution >= 4 is 22.6 Å². The molecule has 0 saturated carbocycles. The molecule has 4 nitrogen and oxygen atoms in total. The highest BCUT2D eigenvalue weighted by molar-refractivity contribution is 6.10. The van der Waals surface area contributed by atoms with Crippen molar-refractivity contribution in [3.8, 4) is 11.1 Å². The third-order valence-corrected chi connectivity index (χ3v) is 6.56. The van der Waals surface area contributed by atoms with E-state index in [1.54, 1.807) is 4.90 Å². The molecule has 1 N–H and O–H groups in total. The first-order valence-corrected chi connectivity index (χ1v) is 12.0. The number of nitrogens with one attached hydrogen (secondary N) is 1. The highest BCUT2D eigenvalue weighted by Gasteiger charge is 2.43. The first-order valence-electron chi connectivity index (χ1n) is 12.0. The monoisotopic (exact) mass is 462 g/mol. The average molecular weight is 463 g/mol. The number of hydrogen-bond donors (Lipinski definition) is 1. The van der Waals surface area contributed by atoms with Gasteiger partial charge >= 0.3 is 0 Å². The van der Waals surface area contributed by atoms with Gasteiger partial charge in [0.25, 0.3) is 5.91 Å². The fourth-order valence-electron chi connectivity index (χ4n) is 5.00. The number of nitrogens with zero attached hydrogens (tertiary/aromatic N) is 1. The molecule has 0 radical (unpaired) electrons. The molecule has 1 heterocycles. The minimum absolute atomic E-state index is 0.0950. The number of benzene rings is 4. The number of amides is 2. The third kappa shape index (κ3) is 4.32. The standard InChI is InChI=1S/C31H30N2O2/c1-20-25-17-23(22-13-9-6-10-14-22)15-16-24(25)18-26-27(20)30(35)33(19-21-11-7-5-8-12-21)28(26)29(34)32-31(2,3)4/h5-18,28H,19H2,1-4H3,(H,32,34). The molecular weight excluding hydrogens is 432 g/mol. The first kappa shape index (κ1) is 22.9. The Morgan fingerprint density at radius 3 is 2.20 bits per heavy atom. The molecule has 1 aliphatic heterocycles. The molecule has 1 unspecified atom stereocenters. The summed E-state index contributed by atoms with van der Waals surface area (Å²) in [5.74, 6) is -0.248. The van der Waals surface area contributed by atoms with Crippen LogP contribution in [0.4, 0.5) is 0 Å². The molecule has 0 bridgehead atoms. The molecule has 35 heavy (non-hydrogen) atoms. The Kier molecular flexibility index (Phi) is 5.68. The van der Waals surface area contributed by atoms with Crippen molar-refractivity contribution < 1.29 is 9.59 Å². The van der Waals surface area contributed by atoms with Crippen LogP contribution in [-0.4, -0.2) is 22.3 Å². The second kappa shape index (κ2) is 8.70. The molecule has 0 aromatic heterocycles. The van der Waals surface area contributed by atoms with E-state index in [2.05, 4.69) is 35.6 Å². The van der Waals surface area contributed by atoms with Gasteiger partial charge in [-0.3, -0.25) is 9.59 Å². The highest BCUT2D eigenvalue weighted by Crippen LogP contribution is 2.41. The maximum absolute atomic E-state index is 13.8. The number of fused-ring (bicyclic) bond motifs is 2. The lowest BCUT2D eigenvalue weighted by Gasteiger charge is -2.29. The number of rotatable bonds is 4. The van der Waals surface area contributed by atoms with E-state index in [1.807, 2.05) is 82.3 Å². The topological polar surface area (TPSA) is 49.4 Å². The zero-order valence-electron chi connectivity index (χ0n) is 20.6. The van der Waals surface area contributed by atoms with Crippen molar-refractivity contribution in [2.24, 2.45) is 0 Å². The highest BCUT2D eigenvalue weighted by atomic mass is 16.2. The molecule has 4 aromatic rings. The molecule has 5 rings (SSSR count). The summed E-state index contributed by atoms with van der Waals surface area (Å²) in [6, 6.07) is 27.8. The van der Waals surface area contributed by atoms with Crippen LogP contribution < -0.4 is 5.32 Å². The van der Waals surface area contributed by atoms with Gasteiger partial charge in [-0.25, -0.2) is 0 Å². The van der Waals surface area contributed by atoms with Crippen LogP contribution in [0.2, 0.25) is 0 Å². The Labute approximate surface area is 206 Å². The second-order valence-electron chi connectivity index (χ2n) is 10.3. The van der Waals surface area contributed by atoms with E-state index in [0.29, 0.717) is 12.1 Å². The van der Waals surface area contributed by atoms with E-state index in [9.17, 15) is 9.59 Å². The van der Waals surface area contributed by atoms with Crippen molar-refractivity contribution in [2.45, 2.75) is 45.8 Å². The third-order valence-electron chi connectivity index (χ3n) is 6.56. The molecule has 1 aliphatic rings. The van der Waals surface area contributed by atoms with Crippen LogP contribution in [0, 0.1) is 6.92 Å². The SMILES string of the molecule is Cc1c2c(cc3ccc(-c4ccccc4)cc13)C(C(=O)NC(C)(C)C)N(Cc1ccccc1)C2=O. The van der Waals surface area contributed by atoms with Gasteiger partial charge in [-0.1, -0.05) is 72.8 Å². The molecule has 0 fully saturated rings. The lowest BCUT2D eigenvalue weighted by molar-refractivity contribution is -0.127. The van der Waals surface area contributed by atoms with E-state index in [1.165, 1.54) is 0 Å². The van der Waals surface area contributed by atoms with Crippen LogP contribution >= 0.6 is 0 Å². The Hall–Kier alpha value is -3.92. The number of aryl methyl sites for hydroxylation is 1. The van der Waals surface area contributed by atoms with Gasteiger partial charge in [0.1, 0.15) is 6.04 Å². The number of hydrogen-bond acceptors (Lipinski definition) is 2. The van der Waals surface area contributed by atoms with Crippen molar-refractivity contribution in [3.63, 3.8) is 0 Å². The summed E-state index contributed by atoms with van der Waals surface area (Å²) in [4.78, 5) is 29.1. The molecule has 4 heteroatoms. The van der Waals surface area contributed by atoms with E-state index < -0.39 is 11.6 Å². The van der Waals surface area contributed by atoms with Gasteiger partial charge in [0.15, 0.2) is 0 Å². The number of carbonyl (C=O) groups is 2. The molecule has 4 aromatic carbocycles. The van der Waals surface area contributed by atoms with Gasteiger partial charge in [-0.2, -0.15) is 0 Å². The van der Waals surface area contributed by atoms with Gasteiger partial charge < -0.3 is 10.2 Å². The Morgan fingerprint density at radius 1 is 0.886 bits per heavy atom. The zero-order valence-corrected chi connectivity index (χ0v) is 20.6. The summed E-state index contributed by atoms with van der Waals surface area (Å²) >= 11 is 0. The van der Waals surface area contributed by atoms with Crippen LogP contribution in [0.1, 0.15) is 53.9 Å². The second-order valence-corrected chi connectivity index (χ2v) is 10.3. The van der Waals surface area contributed by atoms with Crippen molar-refractivity contribution in [3.05, 3.63) is 107 Å². The van der Waals surface area contributed by atoms with E-state index in [-0.39, 0.29) is 11.8 Å². The van der Waals surface area contributed by atoms with Gasteiger partial charge in [-0.15, -0.1) is 0 Å². The molecule has 176 valence electrons. The lowest BCUT2D eigenvalue weighted by atomic mass is 9.91. The minimum atomic E-state index is -0.672.